The summed E-state index contributed by atoms with van der Waals surface area (Å²) < 4.78 is 11.4. The molecule has 0 fully saturated rings. The fourth-order valence-corrected chi connectivity index (χ4v) is 3.77. The van der Waals surface area contributed by atoms with Crippen LogP contribution in [-0.4, -0.2) is 46.7 Å². The first-order valence-electron chi connectivity index (χ1n) is 8.58. The number of benzene rings is 1. The van der Waals surface area contributed by atoms with E-state index in [-0.39, 0.29) is 23.5 Å². The SMILES string of the molecule is CC(=O)c1c(C)nc(C)nc1SCC(=O)NC[C@H]1COc2ccccc2O1. The summed E-state index contributed by atoms with van der Waals surface area (Å²) in [5.74, 6) is 1.84. The van der Waals surface area contributed by atoms with Gasteiger partial charge in [0.1, 0.15) is 23.6 Å². The van der Waals surface area contributed by atoms with E-state index in [9.17, 15) is 9.59 Å². The Morgan fingerprint density at radius 3 is 2.70 bits per heavy atom. The molecule has 7 nitrogen and oxygen atoms in total. The van der Waals surface area contributed by atoms with E-state index >= 15 is 0 Å². The normalized spacial score (nSPS) is 15.3. The first-order valence-corrected chi connectivity index (χ1v) is 9.56. The second kappa shape index (κ2) is 8.39. The van der Waals surface area contributed by atoms with Crippen LogP contribution in [0.5, 0.6) is 11.5 Å². The summed E-state index contributed by atoms with van der Waals surface area (Å²) >= 11 is 1.23. The quantitative estimate of drug-likeness (QED) is 0.462. The Hall–Kier alpha value is -2.61. The average Bonchev–Trinajstić information content (AvgIpc) is 2.63. The summed E-state index contributed by atoms with van der Waals surface area (Å²) in [6, 6.07) is 7.44. The molecule has 1 aliphatic heterocycles. The molecule has 2 aromatic rings. The van der Waals surface area contributed by atoms with Crippen molar-refractivity contribution in [1.29, 1.82) is 0 Å². The summed E-state index contributed by atoms with van der Waals surface area (Å²) in [5.41, 5.74) is 1.10. The van der Waals surface area contributed by atoms with Gasteiger partial charge in [-0.2, -0.15) is 0 Å². The van der Waals surface area contributed by atoms with Gasteiger partial charge in [-0.15, -0.1) is 0 Å². The van der Waals surface area contributed by atoms with Gasteiger partial charge in [0.2, 0.25) is 5.91 Å². The van der Waals surface area contributed by atoms with Crippen molar-refractivity contribution in [2.24, 2.45) is 0 Å². The van der Waals surface area contributed by atoms with E-state index in [4.69, 9.17) is 9.47 Å². The molecule has 1 aromatic carbocycles. The molecule has 1 N–H and O–H groups in total. The van der Waals surface area contributed by atoms with Crippen molar-refractivity contribution in [2.45, 2.75) is 31.9 Å². The van der Waals surface area contributed by atoms with Crippen LogP contribution in [0.2, 0.25) is 0 Å². The van der Waals surface area contributed by atoms with E-state index in [1.165, 1.54) is 18.7 Å². The molecule has 1 atom stereocenters. The van der Waals surface area contributed by atoms with Crippen LogP contribution in [0.15, 0.2) is 29.3 Å². The molecule has 0 saturated carbocycles. The maximum absolute atomic E-state index is 12.2. The Bertz CT molecular complexity index is 872. The van der Waals surface area contributed by atoms with Gasteiger partial charge < -0.3 is 14.8 Å². The Balaban J connectivity index is 1.53. The maximum Gasteiger partial charge on any atom is 0.230 e. The molecule has 0 spiro atoms. The van der Waals surface area contributed by atoms with Crippen LogP contribution < -0.4 is 14.8 Å². The topological polar surface area (TPSA) is 90.4 Å². The predicted octanol–water partition coefficient (Wildman–Crippen LogP) is 2.34. The number of aryl methyl sites for hydroxylation is 2. The van der Waals surface area contributed by atoms with Crippen LogP contribution in [0.4, 0.5) is 0 Å². The minimum absolute atomic E-state index is 0.109. The Morgan fingerprint density at radius 1 is 1.22 bits per heavy atom. The third kappa shape index (κ3) is 4.77. The summed E-state index contributed by atoms with van der Waals surface area (Å²) in [5, 5.41) is 3.37. The third-order valence-electron chi connectivity index (χ3n) is 3.95. The van der Waals surface area contributed by atoms with Crippen LogP contribution in [-0.2, 0) is 4.79 Å². The highest BCUT2D eigenvalue weighted by Crippen LogP contribution is 2.30. The largest absolute Gasteiger partial charge is 0.486 e. The number of hydrogen-bond donors (Lipinski definition) is 1. The first-order chi connectivity index (χ1) is 12.9. The van der Waals surface area contributed by atoms with E-state index in [1.54, 1.807) is 13.8 Å². The highest BCUT2D eigenvalue weighted by molar-refractivity contribution is 8.00. The van der Waals surface area contributed by atoms with Gasteiger partial charge in [0.25, 0.3) is 0 Å². The number of carbonyl (C=O) groups is 2. The van der Waals surface area contributed by atoms with Gasteiger partial charge in [-0.1, -0.05) is 23.9 Å². The number of rotatable bonds is 6. The predicted molar refractivity (Wildman–Crippen MR) is 102 cm³/mol. The maximum atomic E-state index is 12.2. The molecule has 27 heavy (non-hydrogen) atoms. The van der Waals surface area contributed by atoms with E-state index in [1.807, 2.05) is 24.3 Å². The van der Waals surface area contributed by atoms with E-state index in [2.05, 4.69) is 15.3 Å². The zero-order valence-electron chi connectivity index (χ0n) is 15.4. The third-order valence-corrected chi connectivity index (χ3v) is 4.93. The molecule has 1 aromatic heterocycles. The number of hydrogen-bond acceptors (Lipinski definition) is 7. The number of ketones is 1. The number of thioether (sulfide) groups is 1. The Kier molecular flexibility index (Phi) is 5.95. The summed E-state index contributed by atoms with van der Waals surface area (Å²) in [7, 11) is 0. The van der Waals surface area contributed by atoms with E-state index in [0.29, 0.717) is 46.8 Å². The summed E-state index contributed by atoms with van der Waals surface area (Å²) in [6.07, 6.45) is -0.245. The second-order valence-electron chi connectivity index (χ2n) is 6.18. The Morgan fingerprint density at radius 2 is 1.96 bits per heavy atom. The molecule has 2 heterocycles. The van der Waals surface area contributed by atoms with Crippen molar-refractivity contribution in [3.05, 3.63) is 41.3 Å². The van der Waals surface area contributed by atoms with Gasteiger partial charge in [-0.05, 0) is 32.9 Å². The van der Waals surface area contributed by atoms with E-state index in [0.717, 1.165) is 0 Å². The zero-order valence-corrected chi connectivity index (χ0v) is 16.3. The van der Waals surface area contributed by atoms with Crippen LogP contribution in [0.1, 0.15) is 28.8 Å². The zero-order chi connectivity index (χ0) is 19.4. The van der Waals surface area contributed by atoms with Gasteiger partial charge in [-0.25, -0.2) is 9.97 Å². The van der Waals surface area contributed by atoms with Crippen LogP contribution in [0.25, 0.3) is 0 Å². The van der Waals surface area contributed by atoms with Gasteiger partial charge in [0.15, 0.2) is 17.3 Å². The molecular weight excluding hydrogens is 366 g/mol. The molecule has 0 saturated heterocycles. The average molecular weight is 387 g/mol. The molecule has 0 bridgehead atoms. The van der Waals surface area contributed by atoms with Gasteiger partial charge >= 0.3 is 0 Å². The van der Waals surface area contributed by atoms with Gasteiger partial charge in [0.05, 0.1) is 23.6 Å². The standard InChI is InChI=1S/C19H21N3O4S/c1-11-18(12(2)23)19(22-13(3)21-11)27-10-17(24)20-8-14-9-25-15-6-4-5-7-16(15)26-14/h4-7,14H,8-10H2,1-3H3,(H,20,24)/t14-/m0/s1. The number of amides is 1. The number of nitrogens with zero attached hydrogens (tertiary/aromatic N) is 2. The lowest BCUT2D eigenvalue weighted by Crippen LogP contribution is -2.41. The van der Waals surface area contributed by atoms with Crippen LogP contribution >= 0.6 is 11.8 Å². The minimum atomic E-state index is -0.245. The van der Waals surface area contributed by atoms with Crippen molar-refractivity contribution < 1.29 is 19.1 Å². The Labute approximate surface area is 161 Å². The highest BCUT2D eigenvalue weighted by atomic mass is 32.2. The lowest BCUT2D eigenvalue weighted by molar-refractivity contribution is -0.119. The molecule has 0 unspecified atom stereocenters. The number of Topliss-reactive ketones (excluding diaryl/α,β-unsaturated/α-hetero) is 1. The minimum Gasteiger partial charge on any atom is -0.486 e. The number of nitrogens with one attached hydrogen (secondary N) is 1. The van der Waals surface area contributed by atoms with Crippen molar-refractivity contribution >= 4 is 23.5 Å². The lowest BCUT2D eigenvalue weighted by atomic mass is 10.2. The highest BCUT2D eigenvalue weighted by Gasteiger charge is 2.21. The molecule has 1 aliphatic rings. The van der Waals surface area contributed by atoms with Gasteiger partial charge in [-0.3, -0.25) is 9.59 Å². The first kappa shape index (κ1) is 19.2. The second-order valence-corrected chi connectivity index (χ2v) is 7.15. The van der Waals surface area contributed by atoms with Crippen molar-refractivity contribution in [2.75, 3.05) is 18.9 Å². The summed E-state index contributed by atoms with van der Waals surface area (Å²) in [6.45, 7) is 5.73. The monoisotopic (exact) mass is 387 g/mol. The molecule has 0 radical (unpaired) electrons. The lowest BCUT2D eigenvalue weighted by Gasteiger charge is -2.26. The van der Waals surface area contributed by atoms with Crippen molar-refractivity contribution in [3.8, 4) is 11.5 Å². The smallest absolute Gasteiger partial charge is 0.230 e. The number of para-hydroxylation sites is 2. The molecule has 8 heteroatoms. The molecule has 1 amide bonds. The fraction of sp³-hybridized carbons (Fsp3) is 0.368. The van der Waals surface area contributed by atoms with Crippen LogP contribution in [0.3, 0.4) is 0 Å². The molecular formula is C19H21N3O4S. The molecule has 3 rings (SSSR count). The molecule has 142 valence electrons. The van der Waals surface area contributed by atoms with E-state index < -0.39 is 0 Å². The number of carbonyl (C=O) groups excluding carboxylic acids is 2. The number of ether oxygens (including phenoxy) is 2. The van der Waals surface area contributed by atoms with Crippen molar-refractivity contribution in [3.63, 3.8) is 0 Å². The fourth-order valence-electron chi connectivity index (χ4n) is 2.77. The molecule has 0 aliphatic carbocycles. The van der Waals surface area contributed by atoms with Crippen LogP contribution in [0, 0.1) is 13.8 Å². The summed E-state index contributed by atoms with van der Waals surface area (Å²) in [4.78, 5) is 32.6. The van der Waals surface area contributed by atoms with Crippen molar-refractivity contribution in [1.82, 2.24) is 15.3 Å². The number of fused-ring (bicyclic) bond motifs is 1. The number of aromatic nitrogens is 2. The van der Waals surface area contributed by atoms with Gasteiger partial charge in [0, 0.05) is 0 Å².